The SMILES string of the molecule is CN(C)C=CC(=C(C#N)c1nnc(NC(=O)c2ccccc2)o1)c1ccccc1. The first-order valence-corrected chi connectivity index (χ1v) is 8.83. The van der Waals surface area contributed by atoms with Crippen LogP contribution in [0.25, 0.3) is 11.1 Å². The normalized spacial score (nSPS) is 11.6. The van der Waals surface area contributed by atoms with Gasteiger partial charge in [0.05, 0.1) is 0 Å². The predicted molar refractivity (Wildman–Crippen MR) is 110 cm³/mol. The van der Waals surface area contributed by atoms with Crippen LogP contribution in [0, 0.1) is 11.3 Å². The summed E-state index contributed by atoms with van der Waals surface area (Å²) >= 11 is 0. The number of nitriles is 1. The maximum absolute atomic E-state index is 12.3. The molecule has 0 aliphatic heterocycles. The van der Waals surface area contributed by atoms with Crippen molar-refractivity contribution >= 4 is 23.1 Å². The van der Waals surface area contributed by atoms with E-state index in [0.717, 1.165) is 5.56 Å². The highest BCUT2D eigenvalue weighted by Gasteiger charge is 2.18. The minimum Gasteiger partial charge on any atom is -0.402 e. The van der Waals surface area contributed by atoms with Crippen molar-refractivity contribution in [3.05, 3.63) is 90.0 Å². The van der Waals surface area contributed by atoms with Crippen molar-refractivity contribution in [2.45, 2.75) is 0 Å². The highest BCUT2D eigenvalue weighted by molar-refractivity contribution is 6.03. The average Bonchev–Trinajstić information content (AvgIpc) is 3.20. The van der Waals surface area contributed by atoms with E-state index in [1.165, 1.54) is 0 Å². The lowest BCUT2D eigenvalue weighted by Gasteiger charge is -2.08. The van der Waals surface area contributed by atoms with Gasteiger partial charge in [0.15, 0.2) is 0 Å². The maximum Gasteiger partial charge on any atom is 0.322 e. The van der Waals surface area contributed by atoms with Gasteiger partial charge in [-0.3, -0.25) is 10.1 Å². The van der Waals surface area contributed by atoms with Gasteiger partial charge in [-0.15, -0.1) is 5.10 Å². The molecule has 0 spiro atoms. The van der Waals surface area contributed by atoms with E-state index < -0.39 is 0 Å². The van der Waals surface area contributed by atoms with Crippen molar-refractivity contribution in [1.82, 2.24) is 15.1 Å². The van der Waals surface area contributed by atoms with Crippen molar-refractivity contribution in [2.75, 3.05) is 19.4 Å². The van der Waals surface area contributed by atoms with Crippen LogP contribution in [-0.2, 0) is 0 Å². The average molecular weight is 385 g/mol. The number of hydrogen-bond acceptors (Lipinski definition) is 6. The van der Waals surface area contributed by atoms with E-state index in [2.05, 4.69) is 21.6 Å². The van der Waals surface area contributed by atoms with Gasteiger partial charge in [-0.1, -0.05) is 53.6 Å². The molecule has 0 atom stereocenters. The second kappa shape index (κ2) is 9.15. The summed E-state index contributed by atoms with van der Waals surface area (Å²) in [6.07, 6.45) is 3.63. The lowest BCUT2D eigenvalue weighted by molar-refractivity contribution is 0.102. The molecule has 1 amide bonds. The molecule has 144 valence electrons. The van der Waals surface area contributed by atoms with Crippen LogP contribution in [0.2, 0.25) is 0 Å². The molecule has 7 heteroatoms. The summed E-state index contributed by atoms with van der Waals surface area (Å²) in [6.45, 7) is 0. The van der Waals surface area contributed by atoms with E-state index >= 15 is 0 Å². The van der Waals surface area contributed by atoms with Crippen molar-refractivity contribution in [3.8, 4) is 6.07 Å². The minimum atomic E-state index is -0.376. The molecule has 0 saturated heterocycles. The smallest absolute Gasteiger partial charge is 0.322 e. The Bertz CT molecular complexity index is 1080. The van der Waals surface area contributed by atoms with Gasteiger partial charge in [-0.25, -0.2) is 0 Å². The van der Waals surface area contributed by atoms with Gasteiger partial charge in [-0.2, -0.15) is 5.26 Å². The summed E-state index contributed by atoms with van der Waals surface area (Å²) in [5.41, 5.74) is 2.13. The molecule has 3 aromatic rings. The Hall–Kier alpha value is -4.18. The van der Waals surface area contributed by atoms with E-state index in [0.29, 0.717) is 11.1 Å². The molecule has 1 heterocycles. The number of anilines is 1. The molecular formula is C22H19N5O2. The number of rotatable bonds is 6. The number of carbonyl (C=O) groups excluding carboxylic acids is 1. The highest BCUT2D eigenvalue weighted by atomic mass is 16.4. The van der Waals surface area contributed by atoms with E-state index in [1.807, 2.05) is 61.6 Å². The van der Waals surface area contributed by atoms with Crippen molar-refractivity contribution in [3.63, 3.8) is 0 Å². The molecule has 0 bridgehead atoms. The first-order chi connectivity index (χ1) is 14.1. The molecule has 7 nitrogen and oxygen atoms in total. The summed E-state index contributed by atoms with van der Waals surface area (Å²) < 4.78 is 5.56. The first kappa shape index (κ1) is 19.6. The summed E-state index contributed by atoms with van der Waals surface area (Å²) in [5.74, 6) is -0.350. The summed E-state index contributed by atoms with van der Waals surface area (Å²) in [4.78, 5) is 14.1. The number of benzene rings is 2. The molecule has 3 rings (SSSR count). The van der Waals surface area contributed by atoms with Crippen LogP contribution in [0.15, 0.2) is 77.4 Å². The standard InChI is InChI=1S/C22H19N5O2/c1-27(2)14-13-18(16-9-5-3-6-10-16)19(15-23)21-25-26-22(29-21)24-20(28)17-11-7-4-8-12-17/h3-14H,1-2H3,(H,24,26,28). The monoisotopic (exact) mass is 385 g/mol. The molecule has 29 heavy (non-hydrogen) atoms. The number of aromatic nitrogens is 2. The zero-order valence-electron chi connectivity index (χ0n) is 16.0. The molecule has 0 unspecified atom stereocenters. The molecule has 0 aliphatic carbocycles. The van der Waals surface area contributed by atoms with E-state index in [9.17, 15) is 10.1 Å². The van der Waals surface area contributed by atoms with E-state index in [1.54, 1.807) is 30.3 Å². The Kier molecular flexibility index (Phi) is 6.18. The third-order valence-electron chi connectivity index (χ3n) is 3.90. The number of hydrogen-bond donors (Lipinski definition) is 1. The molecule has 2 aromatic carbocycles. The van der Waals surface area contributed by atoms with Crippen LogP contribution >= 0.6 is 0 Å². The van der Waals surface area contributed by atoms with Crippen LogP contribution in [0.3, 0.4) is 0 Å². The van der Waals surface area contributed by atoms with Crippen LogP contribution in [0.5, 0.6) is 0 Å². The van der Waals surface area contributed by atoms with Gasteiger partial charge < -0.3 is 9.32 Å². The highest BCUT2D eigenvalue weighted by Crippen LogP contribution is 2.27. The third-order valence-corrected chi connectivity index (χ3v) is 3.90. The van der Waals surface area contributed by atoms with Crippen LogP contribution < -0.4 is 5.32 Å². The van der Waals surface area contributed by atoms with Gasteiger partial charge in [0.2, 0.25) is 0 Å². The lowest BCUT2D eigenvalue weighted by Crippen LogP contribution is -2.11. The number of carbonyl (C=O) groups is 1. The maximum atomic E-state index is 12.3. The number of nitrogens with zero attached hydrogens (tertiary/aromatic N) is 4. The molecule has 1 N–H and O–H groups in total. The predicted octanol–water partition coefficient (Wildman–Crippen LogP) is 3.83. The number of allylic oxidation sites excluding steroid dienone is 3. The zero-order chi connectivity index (χ0) is 20.6. The Balaban J connectivity index is 1.95. The second-order valence-corrected chi connectivity index (χ2v) is 6.28. The van der Waals surface area contributed by atoms with Gasteiger partial charge in [-0.05, 0) is 30.0 Å². The molecular weight excluding hydrogens is 366 g/mol. The second-order valence-electron chi connectivity index (χ2n) is 6.28. The van der Waals surface area contributed by atoms with Crippen molar-refractivity contribution in [1.29, 1.82) is 5.26 Å². The Morgan fingerprint density at radius 2 is 1.66 bits per heavy atom. The Morgan fingerprint density at radius 1 is 1.03 bits per heavy atom. The minimum absolute atomic E-state index is 0.0260. The van der Waals surface area contributed by atoms with Crippen LogP contribution in [-0.4, -0.2) is 35.1 Å². The first-order valence-electron chi connectivity index (χ1n) is 8.83. The van der Waals surface area contributed by atoms with Gasteiger partial charge in [0.1, 0.15) is 11.6 Å². The number of nitrogens with one attached hydrogen (secondary N) is 1. The van der Waals surface area contributed by atoms with Crippen molar-refractivity contribution in [2.24, 2.45) is 0 Å². The fraction of sp³-hybridized carbons (Fsp3) is 0.0909. The van der Waals surface area contributed by atoms with E-state index in [-0.39, 0.29) is 23.4 Å². The largest absolute Gasteiger partial charge is 0.402 e. The Morgan fingerprint density at radius 3 is 2.24 bits per heavy atom. The quantitative estimate of drug-likeness (QED) is 0.512. The molecule has 0 aliphatic rings. The fourth-order valence-electron chi connectivity index (χ4n) is 2.52. The topological polar surface area (TPSA) is 95.0 Å². The molecule has 0 saturated carbocycles. The molecule has 0 fully saturated rings. The van der Waals surface area contributed by atoms with E-state index in [4.69, 9.17) is 4.42 Å². The summed E-state index contributed by atoms with van der Waals surface area (Å²) in [5, 5.41) is 20.1. The van der Waals surface area contributed by atoms with Gasteiger partial charge in [0, 0.05) is 25.2 Å². The van der Waals surface area contributed by atoms with Gasteiger partial charge >= 0.3 is 6.01 Å². The summed E-state index contributed by atoms with van der Waals surface area (Å²) in [6, 6.07) is 20.2. The van der Waals surface area contributed by atoms with Crippen LogP contribution in [0.1, 0.15) is 21.8 Å². The zero-order valence-corrected chi connectivity index (χ0v) is 16.0. The molecule has 0 radical (unpaired) electrons. The fourth-order valence-corrected chi connectivity index (χ4v) is 2.52. The Labute approximate surface area is 168 Å². The lowest BCUT2D eigenvalue weighted by atomic mass is 10.0. The third kappa shape index (κ3) is 4.96. The summed E-state index contributed by atoms with van der Waals surface area (Å²) in [7, 11) is 3.77. The van der Waals surface area contributed by atoms with Crippen LogP contribution in [0.4, 0.5) is 6.01 Å². The molecule has 1 aromatic heterocycles. The van der Waals surface area contributed by atoms with Crippen molar-refractivity contribution < 1.29 is 9.21 Å². The van der Waals surface area contributed by atoms with Gasteiger partial charge in [0.25, 0.3) is 11.8 Å². The number of amides is 1.